The fourth-order valence-corrected chi connectivity index (χ4v) is 2.58. The number of ether oxygens (including phenoxy) is 2. The van der Waals surface area contributed by atoms with E-state index < -0.39 is 35.6 Å². The number of amides is 1. The molecule has 1 N–H and O–H groups in total. The number of halogens is 4. The minimum Gasteiger partial charge on any atom is -0.474 e. The van der Waals surface area contributed by atoms with Crippen molar-refractivity contribution in [3.05, 3.63) is 18.3 Å². The second kappa shape index (κ2) is 8.28. The van der Waals surface area contributed by atoms with Crippen LogP contribution in [-0.2, 0) is 4.79 Å². The predicted octanol–water partition coefficient (Wildman–Crippen LogP) is 2.54. The maximum absolute atomic E-state index is 14.1. The van der Waals surface area contributed by atoms with E-state index in [1.165, 1.54) is 12.3 Å². The van der Waals surface area contributed by atoms with Crippen LogP contribution < -0.4 is 14.8 Å². The number of aromatic nitrogens is 1. The molecule has 1 saturated heterocycles. The van der Waals surface area contributed by atoms with Crippen LogP contribution in [-0.4, -0.2) is 61.1 Å². The van der Waals surface area contributed by atoms with Gasteiger partial charge < -0.3 is 19.7 Å². The number of pyridine rings is 1. The molecule has 0 unspecified atom stereocenters. The zero-order valence-corrected chi connectivity index (χ0v) is 15.3. The zero-order chi connectivity index (χ0) is 20.2. The molecule has 1 fully saturated rings. The third-order valence-electron chi connectivity index (χ3n) is 4.21. The van der Waals surface area contributed by atoms with E-state index in [4.69, 9.17) is 4.74 Å². The molecule has 6 nitrogen and oxygen atoms in total. The summed E-state index contributed by atoms with van der Waals surface area (Å²) in [6, 6.07) is 1.73. The molecule has 2 heterocycles. The van der Waals surface area contributed by atoms with Crippen LogP contribution in [0.25, 0.3) is 0 Å². The Labute approximate surface area is 154 Å². The Morgan fingerprint density at radius 1 is 1.41 bits per heavy atom. The maximum Gasteiger partial charge on any atom is 0.573 e. The summed E-state index contributed by atoms with van der Waals surface area (Å²) in [6.45, 7) is 3.74. The van der Waals surface area contributed by atoms with Gasteiger partial charge in [0.15, 0.2) is 5.75 Å². The van der Waals surface area contributed by atoms with Gasteiger partial charge in [-0.1, -0.05) is 0 Å². The SMILES string of the molecule is CN1CC[C@H](NC(=O)C(C)(C)COc2ncccc2OC(F)(F)F)[C@@H](F)C1. The van der Waals surface area contributed by atoms with Crippen molar-refractivity contribution in [3.63, 3.8) is 0 Å². The Morgan fingerprint density at radius 2 is 2.11 bits per heavy atom. The summed E-state index contributed by atoms with van der Waals surface area (Å²) in [7, 11) is 1.80. The highest BCUT2D eigenvalue weighted by Gasteiger charge is 2.36. The molecule has 0 aliphatic carbocycles. The first-order valence-corrected chi connectivity index (χ1v) is 8.45. The summed E-state index contributed by atoms with van der Waals surface area (Å²) in [5, 5.41) is 2.67. The molecule has 0 bridgehead atoms. The number of alkyl halides is 4. The van der Waals surface area contributed by atoms with Crippen LogP contribution in [0.4, 0.5) is 17.6 Å². The predicted molar refractivity (Wildman–Crippen MR) is 89.1 cm³/mol. The molecular formula is C17H23F4N3O3. The van der Waals surface area contributed by atoms with Gasteiger partial charge in [-0.15, -0.1) is 13.2 Å². The fourth-order valence-electron chi connectivity index (χ4n) is 2.58. The lowest BCUT2D eigenvalue weighted by atomic mass is 9.92. The maximum atomic E-state index is 14.1. The summed E-state index contributed by atoms with van der Waals surface area (Å²) >= 11 is 0. The molecule has 0 aromatic carbocycles. The summed E-state index contributed by atoms with van der Waals surface area (Å²) in [5.41, 5.74) is -1.11. The first kappa shape index (κ1) is 21.2. The van der Waals surface area contributed by atoms with Crippen molar-refractivity contribution in [2.45, 2.75) is 38.8 Å². The topological polar surface area (TPSA) is 63.7 Å². The molecule has 1 amide bonds. The van der Waals surface area contributed by atoms with Crippen LogP contribution in [0, 0.1) is 5.41 Å². The smallest absolute Gasteiger partial charge is 0.474 e. The highest BCUT2D eigenvalue weighted by atomic mass is 19.4. The minimum atomic E-state index is -4.89. The van der Waals surface area contributed by atoms with Crippen LogP contribution in [0.3, 0.4) is 0 Å². The van der Waals surface area contributed by atoms with E-state index >= 15 is 0 Å². The van der Waals surface area contributed by atoms with E-state index in [0.29, 0.717) is 13.0 Å². The van der Waals surface area contributed by atoms with Crippen molar-refractivity contribution in [2.24, 2.45) is 5.41 Å². The molecule has 1 aliphatic heterocycles. The van der Waals surface area contributed by atoms with Gasteiger partial charge in [-0.3, -0.25) is 4.79 Å². The number of hydrogen-bond acceptors (Lipinski definition) is 5. The lowest BCUT2D eigenvalue weighted by molar-refractivity contribution is -0.275. The lowest BCUT2D eigenvalue weighted by Crippen LogP contribution is -2.54. The first-order valence-electron chi connectivity index (χ1n) is 8.45. The van der Waals surface area contributed by atoms with Gasteiger partial charge in [0.1, 0.15) is 12.8 Å². The van der Waals surface area contributed by atoms with Gasteiger partial charge in [-0.25, -0.2) is 9.37 Å². The largest absolute Gasteiger partial charge is 0.573 e. The van der Waals surface area contributed by atoms with Gasteiger partial charge in [0.25, 0.3) is 5.88 Å². The van der Waals surface area contributed by atoms with Crippen molar-refractivity contribution < 1.29 is 31.8 Å². The van der Waals surface area contributed by atoms with Crippen molar-refractivity contribution in [3.8, 4) is 11.6 Å². The van der Waals surface area contributed by atoms with Crippen LogP contribution >= 0.6 is 0 Å². The van der Waals surface area contributed by atoms with Crippen molar-refractivity contribution in [1.82, 2.24) is 15.2 Å². The second-order valence-electron chi connectivity index (χ2n) is 7.17. The van der Waals surface area contributed by atoms with Crippen LogP contribution in [0.1, 0.15) is 20.3 Å². The summed E-state index contributed by atoms with van der Waals surface area (Å²) < 4.78 is 60.6. The monoisotopic (exact) mass is 393 g/mol. The van der Waals surface area contributed by atoms with E-state index in [-0.39, 0.29) is 19.0 Å². The molecule has 152 valence electrons. The molecule has 1 aliphatic rings. The van der Waals surface area contributed by atoms with Crippen LogP contribution in [0.2, 0.25) is 0 Å². The normalized spacial score (nSPS) is 21.6. The first-order chi connectivity index (χ1) is 12.5. The molecule has 0 radical (unpaired) electrons. The number of nitrogens with one attached hydrogen (secondary N) is 1. The van der Waals surface area contributed by atoms with Gasteiger partial charge in [0.05, 0.1) is 11.5 Å². The van der Waals surface area contributed by atoms with Crippen LogP contribution in [0.15, 0.2) is 18.3 Å². The molecule has 27 heavy (non-hydrogen) atoms. The number of likely N-dealkylation sites (tertiary alicyclic amines) is 1. The highest BCUT2D eigenvalue weighted by molar-refractivity contribution is 5.82. The Bertz CT molecular complexity index is 655. The number of piperidine rings is 1. The average Bonchev–Trinajstić information content (AvgIpc) is 2.55. The summed E-state index contributed by atoms with van der Waals surface area (Å²) in [6.07, 6.45) is -4.35. The lowest BCUT2D eigenvalue weighted by Gasteiger charge is -2.34. The van der Waals surface area contributed by atoms with Gasteiger partial charge in [0.2, 0.25) is 5.91 Å². The van der Waals surface area contributed by atoms with Gasteiger partial charge in [-0.05, 0) is 39.4 Å². The Balaban J connectivity index is 1.97. The fraction of sp³-hybridized carbons (Fsp3) is 0.647. The van der Waals surface area contributed by atoms with Crippen molar-refractivity contribution >= 4 is 5.91 Å². The quantitative estimate of drug-likeness (QED) is 0.753. The van der Waals surface area contributed by atoms with Crippen molar-refractivity contribution in [1.29, 1.82) is 0 Å². The number of carbonyl (C=O) groups excluding carboxylic acids is 1. The zero-order valence-electron chi connectivity index (χ0n) is 15.3. The van der Waals surface area contributed by atoms with E-state index in [0.717, 1.165) is 6.07 Å². The molecule has 1 aromatic rings. The van der Waals surface area contributed by atoms with Gasteiger partial charge >= 0.3 is 6.36 Å². The summed E-state index contributed by atoms with van der Waals surface area (Å²) in [4.78, 5) is 18.0. The third-order valence-corrected chi connectivity index (χ3v) is 4.21. The highest BCUT2D eigenvalue weighted by Crippen LogP contribution is 2.31. The Kier molecular flexibility index (Phi) is 6.50. The van der Waals surface area contributed by atoms with E-state index in [2.05, 4.69) is 15.0 Å². The molecular weight excluding hydrogens is 370 g/mol. The Morgan fingerprint density at radius 3 is 2.74 bits per heavy atom. The van der Waals surface area contributed by atoms with Crippen molar-refractivity contribution in [2.75, 3.05) is 26.7 Å². The number of nitrogens with zero attached hydrogens (tertiary/aromatic N) is 2. The summed E-state index contributed by atoms with van der Waals surface area (Å²) in [5.74, 6) is -1.42. The number of hydrogen-bond donors (Lipinski definition) is 1. The molecule has 2 rings (SSSR count). The van der Waals surface area contributed by atoms with Gasteiger partial charge in [-0.2, -0.15) is 0 Å². The second-order valence-corrected chi connectivity index (χ2v) is 7.17. The number of rotatable bonds is 6. The minimum absolute atomic E-state index is 0.230. The third kappa shape index (κ3) is 6.23. The van der Waals surface area contributed by atoms with E-state index in [1.807, 2.05) is 4.90 Å². The molecule has 0 saturated carbocycles. The van der Waals surface area contributed by atoms with E-state index in [9.17, 15) is 22.4 Å². The van der Waals surface area contributed by atoms with E-state index in [1.54, 1.807) is 20.9 Å². The molecule has 10 heteroatoms. The van der Waals surface area contributed by atoms with Crippen LogP contribution in [0.5, 0.6) is 11.6 Å². The average molecular weight is 393 g/mol. The number of carbonyl (C=O) groups is 1. The molecule has 0 spiro atoms. The van der Waals surface area contributed by atoms with Gasteiger partial charge in [0, 0.05) is 19.3 Å². The molecule has 1 aromatic heterocycles. The molecule has 2 atom stereocenters. The Hall–Kier alpha value is -2.10. The standard InChI is InChI=1S/C17H23F4N3O3/c1-16(2,15(25)23-12-6-8-24(3)9-11(12)18)10-26-14-13(5-4-7-22-14)27-17(19,20)21/h4-5,7,11-12H,6,8-10H2,1-3H3,(H,23,25)/t11-,12-/m0/s1.